The zero-order valence-electron chi connectivity index (χ0n) is 16.7. The minimum absolute atomic E-state index is 0.00978. The van der Waals surface area contributed by atoms with E-state index in [1.54, 1.807) is 0 Å². The Bertz CT molecular complexity index is 939. The Balaban J connectivity index is 1.95. The lowest BCUT2D eigenvalue weighted by atomic mass is 10.2. The number of nitrogens with two attached hydrogens (primary N) is 1. The third kappa shape index (κ3) is 8.62. The van der Waals surface area contributed by atoms with E-state index in [2.05, 4.69) is 35.3 Å². The summed E-state index contributed by atoms with van der Waals surface area (Å²) in [6.45, 7) is 3.01. The Labute approximate surface area is 181 Å². The van der Waals surface area contributed by atoms with Gasteiger partial charge in [0.25, 0.3) is 5.91 Å². The van der Waals surface area contributed by atoms with Crippen LogP contribution in [0, 0.1) is 5.92 Å². The van der Waals surface area contributed by atoms with Gasteiger partial charge in [0, 0.05) is 25.5 Å². The molecule has 0 atom stereocenters. The van der Waals surface area contributed by atoms with E-state index in [1.165, 1.54) is 24.5 Å². The van der Waals surface area contributed by atoms with Crippen LogP contribution in [0.15, 0.2) is 29.5 Å². The fourth-order valence-corrected chi connectivity index (χ4v) is 2.31. The van der Waals surface area contributed by atoms with Crippen LogP contribution in [0.5, 0.6) is 5.88 Å². The topological polar surface area (TPSA) is 127 Å². The lowest BCUT2D eigenvalue weighted by molar-refractivity contribution is -0.154. The molecule has 1 amide bonds. The van der Waals surface area contributed by atoms with Gasteiger partial charge in [-0.15, -0.1) is 0 Å². The highest BCUT2D eigenvalue weighted by Crippen LogP contribution is 2.25. The highest BCUT2D eigenvalue weighted by atomic mass is 35.5. The van der Waals surface area contributed by atoms with Gasteiger partial charge in [0.05, 0.1) is 0 Å². The van der Waals surface area contributed by atoms with Crippen LogP contribution in [0.4, 0.5) is 19.1 Å². The Hall–Kier alpha value is -3.15. The van der Waals surface area contributed by atoms with Crippen LogP contribution in [0.1, 0.15) is 29.9 Å². The molecule has 2 rings (SSSR count). The van der Waals surface area contributed by atoms with Crippen molar-refractivity contribution in [2.45, 2.75) is 26.6 Å². The highest BCUT2D eigenvalue weighted by Gasteiger charge is 2.29. The van der Waals surface area contributed by atoms with E-state index >= 15 is 0 Å². The SMILES string of the molecule is CC(C)CN=C(N)Nc1nccc(C(=O)NCc2cnc(OCC(F)(F)F)c(Cl)c2)n1. The fourth-order valence-electron chi connectivity index (χ4n) is 2.07. The first-order valence-electron chi connectivity index (χ1n) is 9.05. The molecule has 0 saturated heterocycles. The van der Waals surface area contributed by atoms with E-state index in [-0.39, 0.29) is 35.0 Å². The molecule has 0 bridgehead atoms. The van der Waals surface area contributed by atoms with Crippen molar-refractivity contribution in [3.63, 3.8) is 0 Å². The number of carbonyl (C=O) groups is 1. The molecule has 2 heterocycles. The predicted octanol–water partition coefficient (Wildman–Crippen LogP) is 2.78. The molecule has 0 aromatic carbocycles. The third-order valence-electron chi connectivity index (χ3n) is 3.44. The molecule has 31 heavy (non-hydrogen) atoms. The number of rotatable bonds is 8. The number of hydrogen-bond donors (Lipinski definition) is 3. The zero-order valence-corrected chi connectivity index (χ0v) is 17.5. The molecule has 0 radical (unpaired) electrons. The normalized spacial score (nSPS) is 12.0. The first-order chi connectivity index (χ1) is 14.5. The van der Waals surface area contributed by atoms with Gasteiger partial charge in [-0.1, -0.05) is 25.4 Å². The minimum atomic E-state index is -4.51. The van der Waals surface area contributed by atoms with Gasteiger partial charge in [-0.3, -0.25) is 15.1 Å². The summed E-state index contributed by atoms with van der Waals surface area (Å²) in [6, 6.07) is 2.75. The van der Waals surface area contributed by atoms with Crippen LogP contribution in [0.25, 0.3) is 0 Å². The minimum Gasteiger partial charge on any atom is -0.467 e. The molecule has 0 aliphatic rings. The number of nitrogens with one attached hydrogen (secondary N) is 2. The molecule has 4 N–H and O–H groups in total. The van der Waals surface area contributed by atoms with Crippen LogP contribution in [-0.2, 0) is 6.54 Å². The maximum absolute atomic E-state index is 12.3. The number of nitrogens with zero attached hydrogens (tertiary/aromatic N) is 4. The summed E-state index contributed by atoms with van der Waals surface area (Å²) >= 11 is 5.89. The van der Waals surface area contributed by atoms with Crippen molar-refractivity contribution in [2.24, 2.45) is 16.6 Å². The average Bonchev–Trinajstić information content (AvgIpc) is 2.69. The van der Waals surface area contributed by atoms with Gasteiger partial charge in [0.2, 0.25) is 11.8 Å². The van der Waals surface area contributed by atoms with Crippen LogP contribution < -0.4 is 21.1 Å². The van der Waals surface area contributed by atoms with Gasteiger partial charge < -0.3 is 15.8 Å². The number of anilines is 1. The van der Waals surface area contributed by atoms with Crippen LogP contribution in [0.3, 0.4) is 0 Å². The van der Waals surface area contributed by atoms with Crippen molar-refractivity contribution in [1.29, 1.82) is 0 Å². The second-order valence-electron chi connectivity index (χ2n) is 6.73. The molecule has 168 valence electrons. The highest BCUT2D eigenvalue weighted by molar-refractivity contribution is 6.31. The zero-order chi connectivity index (χ0) is 23.0. The molecule has 0 aliphatic carbocycles. The van der Waals surface area contributed by atoms with Crippen LogP contribution in [0.2, 0.25) is 5.02 Å². The number of aliphatic imine (C=N–C) groups is 1. The van der Waals surface area contributed by atoms with Crippen molar-refractivity contribution < 1.29 is 22.7 Å². The van der Waals surface area contributed by atoms with Crippen molar-refractivity contribution in [3.05, 3.63) is 40.8 Å². The third-order valence-corrected chi connectivity index (χ3v) is 3.72. The number of alkyl halides is 3. The largest absolute Gasteiger partial charge is 0.467 e. The molecular weight excluding hydrogens is 439 g/mol. The molecule has 0 spiro atoms. The molecular formula is C18H21ClF3N7O2. The summed E-state index contributed by atoms with van der Waals surface area (Å²) < 4.78 is 41.2. The summed E-state index contributed by atoms with van der Waals surface area (Å²) in [4.78, 5) is 28.3. The second kappa shape index (κ2) is 10.8. The standard InChI is InChI=1S/C18H21ClF3N7O2/c1-10(2)6-27-16(23)29-17-24-4-3-13(28-17)14(30)25-7-11-5-12(19)15(26-8-11)31-9-18(20,21)22/h3-5,8,10H,6-7,9H2,1-2H3,(H,25,30)(H3,23,24,27,28,29). The number of ether oxygens (including phenoxy) is 1. The lowest BCUT2D eigenvalue weighted by Gasteiger charge is -2.11. The van der Waals surface area contributed by atoms with E-state index < -0.39 is 18.7 Å². The van der Waals surface area contributed by atoms with Gasteiger partial charge >= 0.3 is 6.18 Å². The van der Waals surface area contributed by atoms with E-state index in [0.29, 0.717) is 18.0 Å². The number of halogens is 4. The molecule has 2 aromatic rings. The lowest BCUT2D eigenvalue weighted by Crippen LogP contribution is -2.27. The van der Waals surface area contributed by atoms with Gasteiger partial charge in [-0.25, -0.2) is 15.0 Å². The summed E-state index contributed by atoms with van der Waals surface area (Å²) in [5, 5.41) is 5.20. The smallest absolute Gasteiger partial charge is 0.422 e. The number of pyridine rings is 1. The number of carbonyl (C=O) groups excluding carboxylic acids is 1. The summed E-state index contributed by atoms with van der Waals surface area (Å²) in [5.41, 5.74) is 6.27. The average molecular weight is 460 g/mol. The molecule has 13 heteroatoms. The van der Waals surface area contributed by atoms with Gasteiger partial charge in [-0.2, -0.15) is 13.2 Å². The van der Waals surface area contributed by atoms with Crippen molar-refractivity contribution in [3.8, 4) is 5.88 Å². The Morgan fingerprint density at radius 2 is 2.10 bits per heavy atom. The first-order valence-corrected chi connectivity index (χ1v) is 9.43. The summed E-state index contributed by atoms with van der Waals surface area (Å²) in [6.07, 6.45) is -1.88. The van der Waals surface area contributed by atoms with E-state index in [9.17, 15) is 18.0 Å². The van der Waals surface area contributed by atoms with E-state index in [4.69, 9.17) is 17.3 Å². The number of amides is 1. The number of aromatic nitrogens is 3. The molecule has 0 saturated carbocycles. The number of hydrogen-bond acceptors (Lipinski definition) is 6. The maximum atomic E-state index is 12.3. The molecule has 0 aliphatic heterocycles. The Morgan fingerprint density at radius 3 is 2.74 bits per heavy atom. The summed E-state index contributed by atoms with van der Waals surface area (Å²) in [5.74, 6) is -0.311. The summed E-state index contributed by atoms with van der Waals surface area (Å²) in [7, 11) is 0. The van der Waals surface area contributed by atoms with Crippen molar-refractivity contribution in [2.75, 3.05) is 18.5 Å². The fraction of sp³-hybridized carbons (Fsp3) is 0.389. The molecule has 0 fully saturated rings. The maximum Gasteiger partial charge on any atom is 0.422 e. The van der Waals surface area contributed by atoms with Gasteiger partial charge in [0.1, 0.15) is 10.7 Å². The molecule has 2 aromatic heterocycles. The predicted molar refractivity (Wildman–Crippen MR) is 109 cm³/mol. The Morgan fingerprint density at radius 1 is 1.35 bits per heavy atom. The van der Waals surface area contributed by atoms with E-state index in [0.717, 1.165) is 0 Å². The monoisotopic (exact) mass is 459 g/mol. The molecule has 9 nitrogen and oxygen atoms in total. The van der Waals surface area contributed by atoms with Crippen molar-refractivity contribution >= 4 is 29.4 Å². The molecule has 0 unspecified atom stereocenters. The number of guanidine groups is 1. The van der Waals surface area contributed by atoms with E-state index in [1.807, 2.05) is 13.8 Å². The van der Waals surface area contributed by atoms with Crippen LogP contribution >= 0.6 is 11.6 Å². The second-order valence-corrected chi connectivity index (χ2v) is 7.13. The Kier molecular flexibility index (Phi) is 8.37. The van der Waals surface area contributed by atoms with Crippen LogP contribution in [-0.4, -0.2) is 46.1 Å². The first kappa shape index (κ1) is 24.1. The van der Waals surface area contributed by atoms with Crippen molar-refractivity contribution in [1.82, 2.24) is 20.3 Å². The quantitative estimate of drug-likeness (QED) is 0.409. The van der Waals surface area contributed by atoms with Gasteiger partial charge in [0.15, 0.2) is 12.6 Å². The van der Waals surface area contributed by atoms with Gasteiger partial charge in [-0.05, 0) is 23.6 Å².